The second-order valence-electron chi connectivity index (χ2n) is 5.92. The number of nitrogens with zero attached hydrogens (tertiary/aromatic N) is 2. The number of rotatable bonds is 7. The van der Waals surface area contributed by atoms with Crippen LogP contribution in [0.4, 0.5) is 0 Å². The molecule has 3 nitrogen and oxygen atoms in total. The van der Waals surface area contributed by atoms with Crippen LogP contribution in [0.1, 0.15) is 43.2 Å². The van der Waals surface area contributed by atoms with Gasteiger partial charge in [-0.15, -0.1) is 0 Å². The molecule has 0 amide bonds. The molecule has 0 radical (unpaired) electrons. The van der Waals surface area contributed by atoms with E-state index in [1.54, 1.807) is 0 Å². The maximum atomic E-state index is 8.73. The Morgan fingerprint density at radius 1 is 1.24 bits per heavy atom. The monoisotopic (exact) mass is 285 g/mol. The molecule has 1 heterocycles. The van der Waals surface area contributed by atoms with E-state index in [2.05, 4.69) is 47.5 Å². The van der Waals surface area contributed by atoms with Gasteiger partial charge in [-0.05, 0) is 42.9 Å². The highest BCUT2D eigenvalue weighted by molar-refractivity contribution is 5.26. The molecule has 0 spiro atoms. The molecule has 0 aromatic heterocycles. The molecule has 3 heteroatoms. The Morgan fingerprint density at radius 3 is 2.57 bits per heavy atom. The lowest BCUT2D eigenvalue weighted by atomic mass is 9.91. The van der Waals surface area contributed by atoms with E-state index in [-0.39, 0.29) is 0 Å². The van der Waals surface area contributed by atoms with Gasteiger partial charge in [-0.1, -0.05) is 31.2 Å². The van der Waals surface area contributed by atoms with Gasteiger partial charge in [0.2, 0.25) is 0 Å². The molecule has 0 saturated carbocycles. The van der Waals surface area contributed by atoms with Crippen molar-refractivity contribution in [1.82, 2.24) is 10.2 Å². The molecule has 0 bridgehead atoms. The fourth-order valence-corrected chi connectivity index (χ4v) is 3.10. The first-order chi connectivity index (χ1) is 10.3. The molecule has 1 aromatic rings. The normalized spacial score (nSPS) is 17.3. The summed E-state index contributed by atoms with van der Waals surface area (Å²) in [6.07, 6.45) is 4.25. The average Bonchev–Trinajstić information content (AvgIpc) is 2.54. The number of hydrogen-bond donors (Lipinski definition) is 1. The van der Waals surface area contributed by atoms with Gasteiger partial charge < -0.3 is 10.2 Å². The summed E-state index contributed by atoms with van der Waals surface area (Å²) in [4.78, 5) is 2.57. The highest BCUT2D eigenvalue weighted by atomic mass is 15.2. The molecular weight excluding hydrogens is 258 g/mol. The molecule has 1 N–H and O–H groups in total. The molecule has 1 fully saturated rings. The SMILES string of the molecule is CCC(CCCN1CCNCC1)c1ccc(CC#N)cc1. The van der Waals surface area contributed by atoms with E-state index in [4.69, 9.17) is 5.26 Å². The van der Waals surface area contributed by atoms with E-state index < -0.39 is 0 Å². The van der Waals surface area contributed by atoms with Crippen LogP contribution in [0.3, 0.4) is 0 Å². The lowest BCUT2D eigenvalue weighted by molar-refractivity contribution is 0.234. The largest absolute Gasteiger partial charge is 0.314 e. The van der Waals surface area contributed by atoms with Crippen molar-refractivity contribution in [1.29, 1.82) is 5.26 Å². The number of nitrogens with one attached hydrogen (secondary N) is 1. The molecule has 2 rings (SSSR count). The Balaban J connectivity index is 1.80. The van der Waals surface area contributed by atoms with Crippen LogP contribution < -0.4 is 5.32 Å². The minimum Gasteiger partial charge on any atom is -0.314 e. The second-order valence-corrected chi connectivity index (χ2v) is 5.92. The summed E-state index contributed by atoms with van der Waals surface area (Å²) in [5, 5.41) is 12.1. The van der Waals surface area contributed by atoms with Gasteiger partial charge in [-0.3, -0.25) is 0 Å². The quantitative estimate of drug-likeness (QED) is 0.837. The third-order valence-electron chi connectivity index (χ3n) is 4.46. The van der Waals surface area contributed by atoms with Crippen molar-refractivity contribution >= 4 is 0 Å². The van der Waals surface area contributed by atoms with Gasteiger partial charge in [0, 0.05) is 26.2 Å². The molecule has 1 aromatic carbocycles. The van der Waals surface area contributed by atoms with Crippen molar-refractivity contribution in [3.8, 4) is 6.07 Å². The standard InChI is InChI=1S/C18H27N3/c1-2-17(4-3-13-21-14-11-20-12-15-21)18-7-5-16(6-8-18)9-10-19/h5-8,17,20H,2-4,9,11-15H2,1H3. The maximum absolute atomic E-state index is 8.73. The Morgan fingerprint density at radius 2 is 1.95 bits per heavy atom. The average molecular weight is 285 g/mol. The van der Waals surface area contributed by atoms with E-state index in [0.717, 1.165) is 18.7 Å². The van der Waals surface area contributed by atoms with Gasteiger partial charge in [0.25, 0.3) is 0 Å². The number of piperazine rings is 1. The highest BCUT2D eigenvalue weighted by Gasteiger charge is 2.12. The van der Waals surface area contributed by atoms with Crippen molar-refractivity contribution < 1.29 is 0 Å². The van der Waals surface area contributed by atoms with Crippen molar-refractivity contribution in [3.63, 3.8) is 0 Å². The topological polar surface area (TPSA) is 39.1 Å². The Labute approximate surface area is 129 Å². The summed E-state index contributed by atoms with van der Waals surface area (Å²) in [6, 6.07) is 10.9. The van der Waals surface area contributed by atoms with Gasteiger partial charge in [0.1, 0.15) is 0 Å². The van der Waals surface area contributed by atoms with Gasteiger partial charge in [0.15, 0.2) is 0 Å². The fraction of sp³-hybridized carbons (Fsp3) is 0.611. The van der Waals surface area contributed by atoms with Gasteiger partial charge in [0.05, 0.1) is 12.5 Å². The smallest absolute Gasteiger partial charge is 0.0669 e. The summed E-state index contributed by atoms with van der Waals surface area (Å²) < 4.78 is 0. The highest BCUT2D eigenvalue weighted by Crippen LogP contribution is 2.25. The van der Waals surface area contributed by atoms with Crippen LogP contribution in [0.25, 0.3) is 0 Å². The summed E-state index contributed by atoms with van der Waals surface area (Å²) in [7, 11) is 0. The van der Waals surface area contributed by atoms with Crippen LogP contribution in [0.5, 0.6) is 0 Å². The molecule has 1 aliphatic rings. The first kappa shape index (κ1) is 16.0. The van der Waals surface area contributed by atoms with Crippen LogP contribution >= 0.6 is 0 Å². The zero-order valence-electron chi connectivity index (χ0n) is 13.1. The van der Waals surface area contributed by atoms with E-state index in [0.29, 0.717) is 12.3 Å². The van der Waals surface area contributed by atoms with Gasteiger partial charge in [-0.25, -0.2) is 0 Å². The third kappa shape index (κ3) is 5.15. The van der Waals surface area contributed by atoms with Gasteiger partial charge >= 0.3 is 0 Å². The minimum absolute atomic E-state index is 0.514. The molecule has 1 saturated heterocycles. The third-order valence-corrected chi connectivity index (χ3v) is 4.46. The van der Waals surface area contributed by atoms with E-state index in [9.17, 15) is 0 Å². The minimum atomic E-state index is 0.514. The van der Waals surface area contributed by atoms with Crippen molar-refractivity contribution in [2.24, 2.45) is 0 Å². The summed E-state index contributed by atoms with van der Waals surface area (Å²) >= 11 is 0. The summed E-state index contributed by atoms with van der Waals surface area (Å²) in [5.41, 5.74) is 2.55. The number of hydrogen-bond acceptors (Lipinski definition) is 3. The zero-order chi connectivity index (χ0) is 14.9. The molecular formula is C18H27N3. The van der Waals surface area contributed by atoms with Crippen molar-refractivity contribution in [2.45, 2.75) is 38.5 Å². The summed E-state index contributed by atoms with van der Waals surface area (Å²) in [5.74, 6) is 0.657. The zero-order valence-corrected chi connectivity index (χ0v) is 13.1. The van der Waals surface area contributed by atoms with Crippen LogP contribution in [-0.2, 0) is 6.42 Å². The molecule has 1 atom stereocenters. The van der Waals surface area contributed by atoms with E-state index in [1.807, 2.05) is 0 Å². The molecule has 0 aliphatic carbocycles. The predicted molar refractivity (Wildman–Crippen MR) is 87.3 cm³/mol. The van der Waals surface area contributed by atoms with Crippen LogP contribution in [0, 0.1) is 11.3 Å². The van der Waals surface area contributed by atoms with Crippen molar-refractivity contribution in [3.05, 3.63) is 35.4 Å². The molecule has 21 heavy (non-hydrogen) atoms. The lowest BCUT2D eigenvalue weighted by Gasteiger charge is -2.27. The predicted octanol–water partition coefficient (Wildman–Crippen LogP) is 2.93. The summed E-state index contributed by atoms with van der Waals surface area (Å²) in [6.45, 7) is 8.16. The van der Waals surface area contributed by atoms with E-state index >= 15 is 0 Å². The van der Waals surface area contributed by atoms with Crippen molar-refractivity contribution in [2.75, 3.05) is 32.7 Å². The first-order valence-electron chi connectivity index (χ1n) is 8.22. The van der Waals surface area contributed by atoms with Crippen LogP contribution in [0.2, 0.25) is 0 Å². The lowest BCUT2D eigenvalue weighted by Crippen LogP contribution is -2.43. The number of benzene rings is 1. The fourth-order valence-electron chi connectivity index (χ4n) is 3.10. The maximum Gasteiger partial charge on any atom is 0.0669 e. The van der Waals surface area contributed by atoms with Gasteiger partial charge in [-0.2, -0.15) is 5.26 Å². The molecule has 1 aliphatic heterocycles. The van der Waals surface area contributed by atoms with E-state index in [1.165, 1.54) is 44.5 Å². The molecule has 1 unspecified atom stereocenters. The van der Waals surface area contributed by atoms with Crippen LogP contribution in [0.15, 0.2) is 24.3 Å². The first-order valence-corrected chi connectivity index (χ1v) is 8.22. The Kier molecular flexibility index (Phi) is 6.72. The Hall–Kier alpha value is -1.37. The molecule has 114 valence electrons. The van der Waals surface area contributed by atoms with Crippen LogP contribution in [-0.4, -0.2) is 37.6 Å². The number of nitriles is 1. The Bertz CT molecular complexity index is 441. The second kappa shape index (κ2) is 8.81.